The van der Waals surface area contributed by atoms with Crippen LogP contribution in [0.4, 0.5) is 28.0 Å². The van der Waals surface area contributed by atoms with Crippen LogP contribution in [0.5, 0.6) is 0 Å². The van der Waals surface area contributed by atoms with Gasteiger partial charge in [0.05, 0.1) is 16.1 Å². The average Bonchev–Trinajstić information content (AvgIpc) is 2.46. The van der Waals surface area contributed by atoms with Gasteiger partial charge in [-0.05, 0) is 36.4 Å². The van der Waals surface area contributed by atoms with Crippen molar-refractivity contribution in [3.8, 4) is 0 Å². The number of benzene rings is 2. The molecule has 0 unspecified atom stereocenters. The van der Waals surface area contributed by atoms with E-state index in [0.717, 1.165) is 30.3 Å². The number of imide groups is 1. The van der Waals surface area contributed by atoms with Gasteiger partial charge < -0.3 is 5.32 Å². The Labute approximate surface area is 138 Å². The molecule has 0 aromatic heterocycles. The third kappa shape index (κ3) is 4.23. The molecule has 2 aromatic carbocycles. The lowest BCUT2D eigenvalue weighted by Crippen LogP contribution is -2.35. The van der Waals surface area contributed by atoms with Gasteiger partial charge >= 0.3 is 12.2 Å². The monoisotopic (exact) mass is 360 g/mol. The maximum Gasteiger partial charge on any atom is 0.416 e. The number of anilines is 1. The lowest BCUT2D eigenvalue weighted by Gasteiger charge is -2.10. The first-order valence-electron chi connectivity index (χ1n) is 6.42. The van der Waals surface area contributed by atoms with Gasteiger partial charge in [0.25, 0.3) is 5.91 Å². The third-order valence-corrected chi connectivity index (χ3v) is 3.20. The standard InChI is InChI=1S/C15H9ClF4N2O2/c16-10-2-1-3-11(17)12(10)13(23)22-14(24)21-9-6-4-8(5-7-9)15(18,19)20/h1-7H,(H2,21,22,23,24). The van der Waals surface area contributed by atoms with Crippen molar-refractivity contribution < 1.29 is 27.2 Å². The number of amides is 3. The van der Waals surface area contributed by atoms with Crippen molar-refractivity contribution in [1.29, 1.82) is 0 Å². The normalized spacial score (nSPS) is 11.0. The number of rotatable bonds is 2. The van der Waals surface area contributed by atoms with Crippen LogP contribution in [0, 0.1) is 5.82 Å². The summed E-state index contributed by atoms with van der Waals surface area (Å²) in [5.74, 6) is -2.00. The van der Waals surface area contributed by atoms with Crippen molar-refractivity contribution in [2.45, 2.75) is 6.18 Å². The van der Waals surface area contributed by atoms with E-state index in [-0.39, 0.29) is 10.7 Å². The van der Waals surface area contributed by atoms with Gasteiger partial charge in [0, 0.05) is 5.69 Å². The molecule has 0 aliphatic rings. The summed E-state index contributed by atoms with van der Waals surface area (Å²) in [6, 6.07) is 6.08. The van der Waals surface area contributed by atoms with Crippen molar-refractivity contribution in [1.82, 2.24) is 5.32 Å². The number of hydrogen-bond donors (Lipinski definition) is 2. The van der Waals surface area contributed by atoms with Gasteiger partial charge in [0.1, 0.15) is 5.82 Å². The summed E-state index contributed by atoms with van der Waals surface area (Å²) in [4.78, 5) is 23.5. The van der Waals surface area contributed by atoms with Gasteiger partial charge in [-0.1, -0.05) is 17.7 Å². The van der Waals surface area contributed by atoms with Crippen molar-refractivity contribution in [3.05, 3.63) is 64.4 Å². The van der Waals surface area contributed by atoms with Crippen LogP contribution in [-0.2, 0) is 6.18 Å². The number of urea groups is 1. The zero-order chi connectivity index (χ0) is 17.9. The van der Waals surface area contributed by atoms with Gasteiger partial charge in [-0.3, -0.25) is 10.1 Å². The van der Waals surface area contributed by atoms with E-state index in [0.29, 0.717) is 0 Å². The number of alkyl halides is 3. The van der Waals surface area contributed by atoms with Crippen molar-refractivity contribution in [2.24, 2.45) is 0 Å². The van der Waals surface area contributed by atoms with Crippen molar-refractivity contribution >= 4 is 29.2 Å². The first-order chi connectivity index (χ1) is 11.2. The molecule has 2 rings (SSSR count). The first-order valence-corrected chi connectivity index (χ1v) is 6.80. The Balaban J connectivity index is 2.04. The predicted molar refractivity (Wildman–Crippen MR) is 79.3 cm³/mol. The first kappa shape index (κ1) is 17.7. The molecule has 0 heterocycles. The highest BCUT2D eigenvalue weighted by atomic mass is 35.5. The molecule has 0 saturated carbocycles. The Hall–Kier alpha value is -2.61. The molecule has 0 radical (unpaired) electrons. The second-order valence-electron chi connectivity index (χ2n) is 4.58. The zero-order valence-electron chi connectivity index (χ0n) is 11.7. The largest absolute Gasteiger partial charge is 0.416 e. The molecule has 0 bridgehead atoms. The topological polar surface area (TPSA) is 58.2 Å². The SMILES string of the molecule is O=C(NC(=O)c1c(F)cccc1Cl)Nc1ccc(C(F)(F)F)cc1. The minimum Gasteiger partial charge on any atom is -0.308 e. The molecule has 2 aromatic rings. The fraction of sp³-hybridized carbons (Fsp3) is 0.0667. The van der Waals surface area contributed by atoms with Crippen LogP contribution >= 0.6 is 11.6 Å². The highest BCUT2D eigenvalue weighted by Crippen LogP contribution is 2.29. The number of nitrogens with one attached hydrogen (secondary N) is 2. The van der Waals surface area contributed by atoms with E-state index < -0.39 is 35.1 Å². The van der Waals surface area contributed by atoms with Crippen LogP contribution in [-0.4, -0.2) is 11.9 Å². The molecule has 0 aliphatic heterocycles. The van der Waals surface area contributed by atoms with Gasteiger partial charge in [0.2, 0.25) is 0 Å². The summed E-state index contributed by atoms with van der Waals surface area (Å²) in [5.41, 5.74) is -1.38. The number of carbonyl (C=O) groups excluding carboxylic acids is 2. The van der Waals surface area contributed by atoms with Crippen LogP contribution in [0.2, 0.25) is 5.02 Å². The molecule has 24 heavy (non-hydrogen) atoms. The summed E-state index contributed by atoms with van der Waals surface area (Å²) < 4.78 is 50.8. The highest BCUT2D eigenvalue weighted by molar-refractivity contribution is 6.34. The summed E-state index contributed by atoms with van der Waals surface area (Å²) in [6.07, 6.45) is -4.50. The average molecular weight is 361 g/mol. The Morgan fingerprint density at radius 2 is 1.62 bits per heavy atom. The van der Waals surface area contributed by atoms with Crippen molar-refractivity contribution in [2.75, 3.05) is 5.32 Å². The summed E-state index contributed by atoms with van der Waals surface area (Å²) in [7, 11) is 0. The molecule has 126 valence electrons. The highest BCUT2D eigenvalue weighted by Gasteiger charge is 2.30. The Morgan fingerprint density at radius 3 is 2.17 bits per heavy atom. The van der Waals surface area contributed by atoms with Crippen LogP contribution in [0.3, 0.4) is 0 Å². The number of carbonyl (C=O) groups is 2. The lowest BCUT2D eigenvalue weighted by atomic mass is 10.2. The zero-order valence-corrected chi connectivity index (χ0v) is 12.5. The summed E-state index contributed by atoms with van der Waals surface area (Å²) in [5, 5.41) is 3.81. The Kier molecular flexibility index (Phi) is 5.08. The lowest BCUT2D eigenvalue weighted by molar-refractivity contribution is -0.137. The van der Waals surface area contributed by atoms with Gasteiger partial charge in [-0.15, -0.1) is 0 Å². The van der Waals surface area contributed by atoms with Crippen LogP contribution in [0.25, 0.3) is 0 Å². The van der Waals surface area contributed by atoms with Gasteiger partial charge in [-0.25, -0.2) is 9.18 Å². The quantitative estimate of drug-likeness (QED) is 0.777. The maximum absolute atomic E-state index is 13.6. The second kappa shape index (κ2) is 6.88. The molecule has 0 spiro atoms. The molecule has 9 heteroatoms. The molecular formula is C15H9ClF4N2O2. The van der Waals surface area contributed by atoms with E-state index >= 15 is 0 Å². The van der Waals surface area contributed by atoms with Gasteiger partial charge in [0.15, 0.2) is 0 Å². The van der Waals surface area contributed by atoms with Crippen molar-refractivity contribution in [3.63, 3.8) is 0 Å². The minimum absolute atomic E-state index is 0.0212. The van der Waals surface area contributed by atoms with E-state index in [1.807, 2.05) is 5.32 Å². The van der Waals surface area contributed by atoms with Gasteiger partial charge in [-0.2, -0.15) is 13.2 Å². The summed E-state index contributed by atoms with van der Waals surface area (Å²) >= 11 is 5.69. The van der Waals surface area contributed by atoms with Crippen LogP contribution in [0.1, 0.15) is 15.9 Å². The number of hydrogen-bond acceptors (Lipinski definition) is 2. The molecule has 0 fully saturated rings. The fourth-order valence-electron chi connectivity index (χ4n) is 1.79. The fourth-order valence-corrected chi connectivity index (χ4v) is 2.03. The maximum atomic E-state index is 13.6. The predicted octanol–water partition coefficient (Wildman–Crippen LogP) is 4.46. The van der Waals surface area contributed by atoms with E-state index in [2.05, 4.69) is 5.32 Å². The molecule has 4 nitrogen and oxygen atoms in total. The Bertz CT molecular complexity index is 756. The van der Waals surface area contributed by atoms with E-state index in [1.54, 1.807) is 0 Å². The van der Waals surface area contributed by atoms with Crippen LogP contribution in [0.15, 0.2) is 42.5 Å². The van der Waals surface area contributed by atoms with E-state index in [1.165, 1.54) is 12.1 Å². The Morgan fingerprint density at radius 1 is 1.00 bits per heavy atom. The molecule has 0 saturated heterocycles. The number of halogens is 5. The molecule has 2 N–H and O–H groups in total. The minimum atomic E-state index is -4.50. The molecule has 0 aliphatic carbocycles. The second-order valence-corrected chi connectivity index (χ2v) is 4.99. The molecular weight excluding hydrogens is 352 g/mol. The molecule has 0 atom stereocenters. The third-order valence-electron chi connectivity index (χ3n) is 2.89. The summed E-state index contributed by atoms with van der Waals surface area (Å²) in [6.45, 7) is 0. The molecule has 3 amide bonds. The smallest absolute Gasteiger partial charge is 0.308 e. The van der Waals surface area contributed by atoms with E-state index in [9.17, 15) is 27.2 Å². The van der Waals surface area contributed by atoms with Crippen LogP contribution < -0.4 is 10.6 Å². The van der Waals surface area contributed by atoms with E-state index in [4.69, 9.17) is 11.6 Å².